The number of thioether (sulfide) groups is 1. The molecule has 0 aliphatic heterocycles. The van der Waals surface area contributed by atoms with Crippen molar-refractivity contribution in [3.05, 3.63) is 55.4 Å². The van der Waals surface area contributed by atoms with Gasteiger partial charge in [0, 0.05) is 20.9 Å². The average molecular weight is 447 g/mol. The highest BCUT2D eigenvalue weighted by atomic mass is 127. The Hall–Kier alpha value is -0.790. The summed E-state index contributed by atoms with van der Waals surface area (Å²) in [7, 11) is 0. The number of benzene rings is 1. The highest BCUT2D eigenvalue weighted by Gasteiger charge is 2.11. The Kier molecular flexibility index (Phi) is 6.11. The van der Waals surface area contributed by atoms with E-state index < -0.39 is 0 Å². The van der Waals surface area contributed by atoms with Gasteiger partial charge >= 0.3 is 0 Å². The summed E-state index contributed by atoms with van der Waals surface area (Å²) in [5, 5.41) is 2.06. The van der Waals surface area contributed by atoms with E-state index in [4.69, 9.17) is 11.6 Å². The molecule has 0 amide bonds. The molecule has 0 bridgehead atoms. The topological polar surface area (TPSA) is 34.9 Å². The normalized spacial score (nSPS) is 11.9. The maximum Gasteiger partial charge on any atom is 0.262 e. The molecule has 0 saturated heterocycles. The molecular weight excluding hydrogens is 431 g/mol. The van der Waals surface area contributed by atoms with Crippen molar-refractivity contribution in [2.45, 2.75) is 25.5 Å². The van der Waals surface area contributed by atoms with Crippen molar-refractivity contribution in [3.8, 4) is 0 Å². The monoisotopic (exact) mass is 446 g/mol. The van der Waals surface area contributed by atoms with Gasteiger partial charge in [-0.15, -0.1) is 0 Å². The summed E-state index contributed by atoms with van der Waals surface area (Å²) in [4.78, 5) is 17.4. The molecule has 0 aliphatic carbocycles. The van der Waals surface area contributed by atoms with Crippen molar-refractivity contribution in [2.24, 2.45) is 0 Å². The Morgan fingerprint density at radius 3 is 2.86 bits per heavy atom. The van der Waals surface area contributed by atoms with Crippen LogP contribution in [0.4, 0.5) is 0 Å². The molecule has 0 unspecified atom stereocenters. The van der Waals surface area contributed by atoms with E-state index in [0.29, 0.717) is 22.8 Å². The number of hydrogen-bond acceptors (Lipinski definition) is 3. The predicted molar refractivity (Wildman–Crippen MR) is 104 cm³/mol. The van der Waals surface area contributed by atoms with Crippen molar-refractivity contribution in [2.75, 3.05) is 5.75 Å². The van der Waals surface area contributed by atoms with E-state index in [2.05, 4.69) is 34.2 Å². The highest BCUT2D eigenvalue weighted by molar-refractivity contribution is 14.1. The molecule has 2 rings (SSSR count). The van der Waals surface area contributed by atoms with E-state index in [9.17, 15) is 4.79 Å². The third kappa shape index (κ3) is 4.36. The molecule has 0 fully saturated rings. The minimum absolute atomic E-state index is 0.0272. The van der Waals surface area contributed by atoms with Gasteiger partial charge in [-0.05, 0) is 54.6 Å². The molecule has 6 heteroatoms. The van der Waals surface area contributed by atoms with E-state index >= 15 is 0 Å². The summed E-state index contributed by atoms with van der Waals surface area (Å²) in [5.41, 5.74) is 1.61. The van der Waals surface area contributed by atoms with Crippen LogP contribution in [0.15, 0.2) is 51.4 Å². The van der Waals surface area contributed by atoms with Crippen LogP contribution in [0.25, 0.3) is 10.9 Å². The number of rotatable bonds is 5. The lowest BCUT2D eigenvalue weighted by molar-refractivity contribution is 0.652. The van der Waals surface area contributed by atoms with E-state index in [1.165, 1.54) is 11.8 Å². The van der Waals surface area contributed by atoms with Crippen LogP contribution in [0.1, 0.15) is 13.8 Å². The third-order valence-electron chi connectivity index (χ3n) is 2.89. The summed E-state index contributed by atoms with van der Waals surface area (Å²) >= 11 is 9.55. The molecule has 3 nitrogen and oxygen atoms in total. The zero-order chi connectivity index (χ0) is 16.3. The number of aromatic nitrogens is 2. The van der Waals surface area contributed by atoms with Crippen LogP contribution < -0.4 is 5.56 Å². The van der Waals surface area contributed by atoms with Gasteiger partial charge in [0.15, 0.2) is 5.16 Å². The lowest BCUT2D eigenvalue weighted by Crippen LogP contribution is -2.24. The maximum absolute atomic E-state index is 12.8. The molecule has 1 aromatic carbocycles. The lowest BCUT2D eigenvalue weighted by atomic mass is 10.2. The van der Waals surface area contributed by atoms with Crippen LogP contribution in [-0.2, 0) is 6.54 Å². The number of allylic oxidation sites excluding steroid dienone is 2. The van der Waals surface area contributed by atoms with Crippen molar-refractivity contribution in [1.82, 2.24) is 9.55 Å². The number of nitrogens with zero attached hydrogens (tertiary/aromatic N) is 2. The molecule has 2 aromatic rings. The van der Waals surface area contributed by atoms with Crippen LogP contribution >= 0.6 is 46.0 Å². The predicted octanol–water partition coefficient (Wildman–Crippen LogP) is 4.81. The molecule has 1 heterocycles. The SMILES string of the molecule is C=C(C)Cn1c(SCC=C(C)Cl)nc2ccc(I)cc2c1=O. The fraction of sp³-hybridized carbons (Fsp3) is 0.250. The molecule has 0 saturated carbocycles. The molecule has 116 valence electrons. The zero-order valence-electron chi connectivity index (χ0n) is 12.4. The first-order chi connectivity index (χ1) is 10.4. The van der Waals surface area contributed by atoms with Crippen LogP contribution in [-0.4, -0.2) is 15.3 Å². The van der Waals surface area contributed by atoms with Gasteiger partial charge in [0.25, 0.3) is 5.56 Å². The first kappa shape index (κ1) is 17.6. The minimum Gasteiger partial charge on any atom is -0.283 e. The smallest absolute Gasteiger partial charge is 0.262 e. The molecule has 0 aliphatic rings. The molecule has 22 heavy (non-hydrogen) atoms. The zero-order valence-corrected chi connectivity index (χ0v) is 16.1. The Bertz CT molecular complexity index is 810. The second kappa shape index (κ2) is 7.66. The second-order valence-electron chi connectivity index (χ2n) is 5.01. The first-order valence-electron chi connectivity index (χ1n) is 6.68. The molecule has 0 atom stereocenters. The van der Waals surface area contributed by atoms with Gasteiger partial charge in [0.1, 0.15) is 0 Å². The second-order valence-corrected chi connectivity index (χ2v) is 7.84. The molecule has 0 radical (unpaired) electrons. The van der Waals surface area contributed by atoms with Gasteiger partial charge in [-0.2, -0.15) is 0 Å². The average Bonchev–Trinajstić information content (AvgIpc) is 2.43. The van der Waals surface area contributed by atoms with Gasteiger partial charge in [-0.1, -0.05) is 41.6 Å². The largest absolute Gasteiger partial charge is 0.283 e. The van der Waals surface area contributed by atoms with E-state index in [0.717, 1.165) is 19.7 Å². The van der Waals surface area contributed by atoms with Gasteiger partial charge in [0.05, 0.1) is 10.9 Å². The Morgan fingerprint density at radius 2 is 2.23 bits per heavy atom. The molecule has 1 aromatic heterocycles. The molecule has 0 N–H and O–H groups in total. The van der Waals surface area contributed by atoms with Crippen LogP contribution in [0.3, 0.4) is 0 Å². The van der Waals surface area contributed by atoms with Gasteiger partial charge in [-0.25, -0.2) is 4.98 Å². The Morgan fingerprint density at radius 1 is 1.50 bits per heavy atom. The van der Waals surface area contributed by atoms with Gasteiger partial charge < -0.3 is 0 Å². The van der Waals surface area contributed by atoms with E-state index in [1.807, 2.05) is 38.1 Å². The maximum atomic E-state index is 12.8. The van der Waals surface area contributed by atoms with Crippen LogP contribution in [0.2, 0.25) is 0 Å². The van der Waals surface area contributed by atoms with E-state index in [-0.39, 0.29) is 5.56 Å². The van der Waals surface area contributed by atoms with Crippen molar-refractivity contribution in [1.29, 1.82) is 0 Å². The Balaban J connectivity index is 2.56. The lowest BCUT2D eigenvalue weighted by Gasteiger charge is -2.12. The summed E-state index contributed by atoms with van der Waals surface area (Å²) < 4.78 is 2.70. The van der Waals surface area contributed by atoms with Crippen molar-refractivity contribution < 1.29 is 0 Å². The van der Waals surface area contributed by atoms with Crippen molar-refractivity contribution >= 4 is 56.9 Å². The summed E-state index contributed by atoms with van der Waals surface area (Å²) in [6, 6.07) is 5.71. The fourth-order valence-electron chi connectivity index (χ4n) is 1.92. The van der Waals surface area contributed by atoms with Crippen molar-refractivity contribution in [3.63, 3.8) is 0 Å². The summed E-state index contributed by atoms with van der Waals surface area (Å²) in [6.45, 7) is 8.12. The first-order valence-corrected chi connectivity index (χ1v) is 9.12. The summed E-state index contributed by atoms with van der Waals surface area (Å²) in [6.07, 6.45) is 1.90. The fourth-order valence-corrected chi connectivity index (χ4v) is 3.53. The standard InChI is InChI=1S/C16H16ClIN2OS/c1-10(2)9-20-15(21)13-8-12(18)4-5-14(13)19-16(20)22-7-6-11(3)17/h4-6,8H,1,7,9H2,2-3H3. The third-order valence-corrected chi connectivity index (χ3v) is 4.61. The minimum atomic E-state index is -0.0272. The quantitative estimate of drug-likeness (QED) is 0.286. The number of fused-ring (bicyclic) bond motifs is 1. The highest BCUT2D eigenvalue weighted by Crippen LogP contribution is 2.20. The van der Waals surface area contributed by atoms with Gasteiger partial charge in [0.2, 0.25) is 0 Å². The van der Waals surface area contributed by atoms with Crippen LogP contribution in [0, 0.1) is 3.57 Å². The Labute approximate surface area is 152 Å². The van der Waals surface area contributed by atoms with Gasteiger partial charge in [-0.3, -0.25) is 9.36 Å². The molecule has 0 spiro atoms. The number of hydrogen-bond donors (Lipinski definition) is 0. The van der Waals surface area contributed by atoms with Crippen LogP contribution in [0.5, 0.6) is 0 Å². The molecular formula is C16H16ClIN2OS. The van der Waals surface area contributed by atoms with E-state index in [1.54, 1.807) is 4.57 Å². The summed E-state index contributed by atoms with van der Waals surface area (Å²) in [5.74, 6) is 0.674. The number of halogens is 2.